The number of tetrazole rings is 1. The molecule has 0 unspecified atom stereocenters. The summed E-state index contributed by atoms with van der Waals surface area (Å²) in [5.74, 6) is 0.309. The summed E-state index contributed by atoms with van der Waals surface area (Å²) in [6.45, 7) is 2.85. The maximum Gasteiger partial charge on any atom is 0.266 e. The van der Waals surface area contributed by atoms with Gasteiger partial charge in [0.05, 0.1) is 13.2 Å². The lowest BCUT2D eigenvalue weighted by Crippen LogP contribution is -2.38. The van der Waals surface area contributed by atoms with Crippen molar-refractivity contribution in [3.63, 3.8) is 0 Å². The number of aromatic nitrogens is 4. The first-order valence-corrected chi connectivity index (χ1v) is 5.35. The number of carbonyl (C=O) groups is 1. The molecule has 0 saturated carbocycles. The van der Waals surface area contributed by atoms with Crippen molar-refractivity contribution < 1.29 is 9.53 Å². The quantitative estimate of drug-likeness (QED) is 0.575. The van der Waals surface area contributed by atoms with Crippen LogP contribution in [0.2, 0.25) is 0 Å². The second-order valence-electron chi connectivity index (χ2n) is 3.52. The summed E-state index contributed by atoms with van der Waals surface area (Å²) in [7, 11) is 1.62. The van der Waals surface area contributed by atoms with E-state index < -0.39 is 0 Å². The first kappa shape index (κ1) is 11.7. The summed E-state index contributed by atoms with van der Waals surface area (Å²) in [5, 5.41) is 11.9. The van der Waals surface area contributed by atoms with Gasteiger partial charge in [-0.15, -0.1) is 5.10 Å². The Bertz CT molecular complexity index is 374. The molecule has 94 valence electrons. The number of anilines is 1. The number of hydrogen-bond acceptors (Lipinski definition) is 7. The van der Waals surface area contributed by atoms with Crippen LogP contribution in [0.3, 0.4) is 0 Å². The van der Waals surface area contributed by atoms with E-state index in [0.717, 1.165) is 13.1 Å². The van der Waals surface area contributed by atoms with Crippen LogP contribution in [0.5, 0.6) is 0 Å². The maximum absolute atomic E-state index is 11.3. The molecule has 1 aromatic heterocycles. The van der Waals surface area contributed by atoms with Crippen molar-refractivity contribution in [2.45, 2.75) is 6.54 Å². The van der Waals surface area contributed by atoms with Crippen LogP contribution in [0.15, 0.2) is 0 Å². The zero-order valence-electron chi connectivity index (χ0n) is 9.59. The topological polar surface area (TPSA) is 97.2 Å². The largest absolute Gasteiger partial charge is 0.378 e. The lowest BCUT2D eigenvalue weighted by molar-refractivity contribution is -0.122. The van der Waals surface area contributed by atoms with Crippen LogP contribution in [0, 0.1) is 0 Å². The number of amides is 1. The minimum absolute atomic E-state index is 0.0399. The molecule has 1 aliphatic rings. The van der Waals surface area contributed by atoms with Gasteiger partial charge in [-0.3, -0.25) is 10.2 Å². The molecule has 2 N–H and O–H groups in total. The highest BCUT2D eigenvalue weighted by molar-refractivity contribution is 5.74. The predicted octanol–water partition coefficient (Wildman–Crippen LogP) is -2.24. The lowest BCUT2D eigenvalue weighted by Gasteiger charge is -2.24. The standard InChI is InChI=1S/C8H15N7O2/c1-9-10-7(16)6-15-12-8(11-13-15)14-2-4-17-5-3-14/h9H,2-6H2,1H3,(H,10,16). The van der Waals surface area contributed by atoms with Gasteiger partial charge in [0.2, 0.25) is 0 Å². The molecule has 2 heterocycles. The van der Waals surface area contributed by atoms with Crippen LogP contribution in [-0.2, 0) is 16.1 Å². The molecule has 0 atom stereocenters. The predicted molar refractivity (Wildman–Crippen MR) is 58.1 cm³/mol. The minimum atomic E-state index is -0.224. The summed E-state index contributed by atoms with van der Waals surface area (Å²) < 4.78 is 5.23. The number of hydrazine groups is 1. The Labute approximate surface area is 98.1 Å². The van der Waals surface area contributed by atoms with E-state index in [9.17, 15) is 4.79 Å². The van der Waals surface area contributed by atoms with Gasteiger partial charge in [-0.05, 0) is 5.21 Å². The third-order valence-corrected chi connectivity index (χ3v) is 2.29. The van der Waals surface area contributed by atoms with E-state index in [-0.39, 0.29) is 12.5 Å². The van der Waals surface area contributed by atoms with Crippen molar-refractivity contribution in [2.75, 3.05) is 38.3 Å². The highest BCUT2D eigenvalue weighted by Gasteiger charge is 2.16. The van der Waals surface area contributed by atoms with Crippen LogP contribution in [0.25, 0.3) is 0 Å². The molecule has 1 amide bonds. The first-order valence-electron chi connectivity index (χ1n) is 5.35. The molecule has 1 aliphatic heterocycles. The maximum atomic E-state index is 11.3. The highest BCUT2D eigenvalue weighted by atomic mass is 16.5. The fraction of sp³-hybridized carbons (Fsp3) is 0.750. The molecule has 0 aromatic carbocycles. The van der Waals surface area contributed by atoms with E-state index in [1.54, 1.807) is 7.05 Å². The van der Waals surface area contributed by atoms with E-state index >= 15 is 0 Å². The molecule has 1 fully saturated rings. The van der Waals surface area contributed by atoms with Crippen LogP contribution >= 0.6 is 0 Å². The Balaban J connectivity index is 1.93. The van der Waals surface area contributed by atoms with Crippen LogP contribution < -0.4 is 15.8 Å². The molecule has 2 rings (SSSR count). The van der Waals surface area contributed by atoms with Gasteiger partial charge >= 0.3 is 0 Å². The molecule has 9 heteroatoms. The number of carbonyl (C=O) groups excluding carboxylic acids is 1. The zero-order chi connectivity index (χ0) is 12.1. The monoisotopic (exact) mass is 241 g/mol. The molecule has 1 saturated heterocycles. The Kier molecular flexibility index (Phi) is 3.83. The van der Waals surface area contributed by atoms with Crippen molar-refractivity contribution in [2.24, 2.45) is 0 Å². The van der Waals surface area contributed by atoms with Gasteiger partial charge in [-0.1, -0.05) is 5.10 Å². The second kappa shape index (κ2) is 5.55. The smallest absolute Gasteiger partial charge is 0.266 e. The summed E-state index contributed by atoms with van der Waals surface area (Å²) in [5.41, 5.74) is 4.97. The van der Waals surface area contributed by atoms with Gasteiger partial charge in [0.25, 0.3) is 11.9 Å². The Morgan fingerprint density at radius 3 is 2.94 bits per heavy atom. The van der Waals surface area contributed by atoms with Gasteiger partial charge in [0.15, 0.2) is 0 Å². The van der Waals surface area contributed by atoms with E-state index in [0.29, 0.717) is 19.2 Å². The lowest BCUT2D eigenvalue weighted by atomic mass is 10.4. The van der Waals surface area contributed by atoms with Crippen molar-refractivity contribution in [1.29, 1.82) is 0 Å². The van der Waals surface area contributed by atoms with Crippen molar-refractivity contribution >= 4 is 11.9 Å². The molecule has 0 bridgehead atoms. The van der Waals surface area contributed by atoms with Gasteiger partial charge in [0, 0.05) is 20.1 Å². The van der Waals surface area contributed by atoms with E-state index in [1.165, 1.54) is 4.80 Å². The Morgan fingerprint density at radius 2 is 2.24 bits per heavy atom. The number of morpholine rings is 1. The molecule has 1 aromatic rings. The van der Waals surface area contributed by atoms with Crippen molar-refractivity contribution in [3.05, 3.63) is 0 Å². The minimum Gasteiger partial charge on any atom is -0.378 e. The number of ether oxygens (including phenoxy) is 1. The Morgan fingerprint density at radius 1 is 1.47 bits per heavy atom. The molecule has 0 spiro atoms. The average Bonchev–Trinajstić information content (AvgIpc) is 2.79. The molecule has 9 nitrogen and oxygen atoms in total. The summed E-state index contributed by atoms with van der Waals surface area (Å²) in [4.78, 5) is 14.5. The third-order valence-electron chi connectivity index (χ3n) is 2.29. The van der Waals surface area contributed by atoms with Crippen molar-refractivity contribution in [3.8, 4) is 0 Å². The van der Waals surface area contributed by atoms with Crippen LogP contribution in [0.1, 0.15) is 0 Å². The van der Waals surface area contributed by atoms with E-state index in [4.69, 9.17) is 4.74 Å². The SMILES string of the molecule is CNNC(=O)Cn1nnc(N2CCOCC2)n1. The normalized spacial score (nSPS) is 15.9. The van der Waals surface area contributed by atoms with E-state index in [2.05, 4.69) is 26.3 Å². The number of rotatable bonds is 4. The summed E-state index contributed by atoms with van der Waals surface area (Å²) in [6.07, 6.45) is 0. The van der Waals surface area contributed by atoms with E-state index in [1.807, 2.05) is 4.90 Å². The van der Waals surface area contributed by atoms with Gasteiger partial charge in [-0.25, -0.2) is 5.43 Å². The van der Waals surface area contributed by atoms with Gasteiger partial charge in [0.1, 0.15) is 6.54 Å². The summed E-state index contributed by atoms with van der Waals surface area (Å²) in [6, 6.07) is 0. The fourth-order valence-electron chi connectivity index (χ4n) is 1.50. The number of nitrogens with one attached hydrogen (secondary N) is 2. The number of hydrogen-bond donors (Lipinski definition) is 2. The second-order valence-corrected chi connectivity index (χ2v) is 3.52. The molecule has 0 radical (unpaired) electrons. The highest BCUT2D eigenvalue weighted by Crippen LogP contribution is 2.06. The molecular weight excluding hydrogens is 226 g/mol. The Hall–Kier alpha value is -1.74. The third kappa shape index (κ3) is 3.11. The molecular formula is C8H15N7O2. The zero-order valence-corrected chi connectivity index (χ0v) is 9.59. The molecule has 17 heavy (non-hydrogen) atoms. The summed E-state index contributed by atoms with van der Waals surface area (Å²) >= 11 is 0. The van der Waals surface area contributed by atoms with Gasteiger partial charge < -0.3 is 9.64 Å². The number of nitrogens with zero attached hydrogens (tertiary/aromatic N) is 5. The van der Waals surface area contributed by atoms with Crippen molar-refractivity contribution in [1.82, 2.24) is 31.1 Å². The average molecular weight is 241 g/mol. The first-order chi connectivity index (χ1) is 8.29. The van der Waals surface area contributed by atoms with Crippen LogP contribution in [-0.4, -0.2) is 59.5 Å². The van der Waals surface area contributed by atoms with Crippen LogP contribution in [0.4, 0.5) is 5.95 Å². The van der Waals surface area contributed by atoms with Gasteiger partial charge in [-0.2, -0.15) is 4.80 Å². The fourth-order valence-corrected chi connectivity index (χ4v) is 1.50. The molecule has 0 aliphatic carbocycles.